The Morgan fingerprint density at radius 3 is 2.65 bits per heavy atom. The molecule has 0 saturated heterocycles. The average Bonchev–Trinajstić information content (AvgIpc) is 2.38. The number of amides is 1. The Balaban J connectivity index is 2.15. The van der Waals surface area contributed by atoms with Crippen LogP contribution in [0.2, 0.25) is 5.02 Å². The fourth-order valence-electron chi connectivity index (χ4n) is 1.94. The second-order valence-corrected chi connectivity index (χ2v) is 5.17. The van der Waals surface area contributed by atoms with Crippen LogP contribution in [-0.4, -0.2) is 5.91 Å². The van der Waals surface area contributed by atoms with E-state index in [1.807, 2.05) is 19.1 Å². The first-order valence-electron chi connectivity index (χ1n) is 6.30. The maximum atomic E-state index is 13.7. The highest BCUT2D eigenvalue weighted by Crippen LogP contribution is 2.18. The first kappa shape index (κ1) is 14.5. The van der Waals surface area contributed by atoms with Gasteiger partial charge in [0.1, 0.15) is 5.82 Å². The van der Waals surface area contributed by atoms with Gasteiger partial charge >= 0.3 is 0 Å². The summed E-state index contributed by atoms with van der Waals surface area (Å²) in [5.74, 6) is -0.948. The van der Waals surface area contributed by atoms with Crippen LogP contribution in [-0.2, 0) is 0 Å². The SMILES string of the molecule is Cc1ccc(C(=O)NC(C)c2cccc(Cl)c2)c(F)c1. The molecular formula is C16H15ClFNO. The van der Waals surface area contributed by atoms with E-state index < -0.39 is 11.7 Å². The van der Waals surface area contributed by atoms with Gasteiger partial charge in [0.15, 0.2) is 0 Å². The van der Waals surface area contributed by atoms with Crippen molar-refractivity contribution in [2.24, 2.45) is 0 Å². The largest absolute Gasteiger partial charge is 0.345 e. The van der Waals surface area contributed by atoms with Gasteiger partial charge in [-0.1, -0.05) is 29.8 Å². The third kappa shape index (κ3) is 3.36. The molecule has 0 aliphatic heterocycles. The molecule has 4 heteroatoms. The van der Waals surface area contributed by atoms with Gasteiger partial charge in [0.25, 0.3) is 5.91 Å². The minimum atomic E-state index is -0.513. The first-order valence-corrected chi connectivity index (χ1v) is 6.67. The zero-order valence-electron chi connectivity index (χ0n) is 11.3. The molecule has 2 aromatic rings. The normalized spacial score (nSPS) is 12.0. The molecule has 2 nitrogen and oxygen atoms in total. The summed E-state index contributed by atoms with van der Waals surface area (Å²) in [5, 5.41) is 3.36. The van der Waals surface area contributed by atoms with Crippen LogP contribution in [0.4, 0.5) is 4.39 Å². The van der Waals surface area contributed by atoms with Crippen LogP contribution in [0.25, 0.3) is 0 Å². The average molecular weight is 292 g/mol. The van der Waals surface area contributed by atoms with Crippen LogP contribution in [0, 0.1) is 12.7 Å². The molecule has 0 spiro atoms. The molecule has 0 saturated carbocycles. The third-order valence-corrected chi connectivity index (χ3v) is 3.30. The predicted octanol–water partition coefficient (Wildman–Crippen LogP) is 4.28. The standard InChI is InChI=1S/C16H15ClFNO/c1-10-6-7-14(15(18)8-10)16(20)19-11(2)12-4-3-5-13(17)9-12/h3-9,11H,1-2H3,(H,19,20). The van der Waals surface area contributed by atoms with Crippen molar-refractivity contribution in [2.75, 3.05) is 0 Å². The van der Waals surface area contributed by atoms with Gasteiger partial charge in [-0.15, -0.1) is 0 Å². The molecule has 0 fully saturated rings. The van der Waals surface area contributed by atoms with E-state index in [-0.39, 0.29) is 11.6 Å². The summed E-state index contributed by atoms with van der Waals surface area (Å²) in [6, 6.07) is 11.5. The quantitative estimate of drug-likeness (QED) is 0.898. The smallest absolute Gasteiger partial charge is 0.254 e. The lowest BCUT2D eigenvalue weighted by Gasteiger charge is -2.15. The van der Waals surface area contributed by atoms with Crippen molar-refractivity contribution in [1.29, 1.82) is 0 Å². The van der Waals surface area contributed by atoms with Crippen molar-refractivity contribution in [2.45, 2.75) is 19.9 Å². The van der Waals surface area contributed by atoms with Gasteiger partial charge in [0, 0.05) is 5.02 Å². The Morgan fingerprint density at radius 1 is 1.25 bits per heavy atom. The molecule has 0 heterocycles. The number of carbonyl (C=O) groups excluding carboxylic acids is 1. The molecule has 1 amide bonds. The van der Waals surface area contributed by atoms with Crippen LogP contribution in [0.15, 0.2) is 42.5 Å². The Hall–Kier alpha value is -1.87. The number of nitrogens with one attached hydrogen (secondary N) is 1. The van der Waals surface area contributed by atoms with Crippen LogP contribution in [0.3, 0.4) is 0 Å². The molecule has 2 aromatic carbocycles. The number of aryl methyl sites for hydroxylation is 1. The maximum absolute atomic E-state index is 13.7. The molecule has 0 aliphatic rings. The summed E-state index contributed by atoms with van der Waals surface area (Å²) in [5.41, 5.74) is 1.70. The maximum Gasteiger partial charge on any atom is 0.254 e. The highest BCUT2D eigenvalue weighted by molar-refractivity contribution is 6.30. The summed E-state index contributed by atoms with van der Waals surface area (Å²) in [4.78, 5) is 12.1. The summed E-state index contributed by atoms with van der Waals surface area (Å²) < 4.78 is 13.7. The van der Waals surface area contributed by atoms with E-state index >= 15 is 0 Å². The fraction of sp³-hybridized carbons (Fsp3) is 0.188. The van der Waals surface area contributed by atoms with Gasteiger partial charge in [0.2, 0.25) is 0 Å². The lowest BCUT2D eigenvalue weighted by atomic mass is 10.1. The van der Waals surface area contributed by atoms with E-state index in [4.69, 9.17) is 11.6 Å². The fourth-order valence-corrected chi connectivity index (χ4v) is 2.14. The Bertz CT molecular complexity index is 642. The summed E-state index contributed by atoms with van der Waals surface area (Å²) >= 11 is 5.91. The van der Waals surface area contributed by atoms with E-state index in [0.717, 1.165) is 11.1 Å². The number of rotatable bonds is 3. The third-order valence-electron chi connectivity index (χ3n) is 3.07. The molecule has 1 atom stereocenters. The second kappa shape index (κ2) is 6.06. The van der Waals surface area contributed by atoms with Crippen molar-refractivity contribution < 1.29 is 9.18 Å². The molecule has 0 radical (unpaired) electrons. The highest BCUT2D eigenvalue weighted by Gasteiger charge is 2.15. The molecule has 0 aliphatic carbocycles. The van der Waals surface area contributed by atoms with Crippen molar-refractivity contribution >= 4 is 17.5 Å². The second-order valence-electron chi connectivity index (χ2n) is 4.73. The van der Waals surface area contributed by atoms with Crippen molar-refractivity contribution in [3.05, 3.63) is 70.0 Å². The molecule has 104 valence electrons. The van der Waals surface area contributed by atoms with Gasteiger partial charge in [0.05, 0.1) is 11.6 Å². The van der Waals surface area contributed by atoms with Gasteiger partial charge < -0.3 is 5.32 Å². The van der Waals surface area contributed by atoms with Gasteiger partial charge in [-0.05, 0) is 49.2 Å². The van der Waals surface area contributed by atoms with E-state index in [2.05, 4.69) is 5.32 Å². The van der Waals surface area contributed by atoms with Crippen LogP contribution < -0.4 is 5.32 Å². The number of hydrogen-bond donors (Lipinski definition) is 1. The van der Waals surface area contributed by atoms with E-state index in [1.165, 1.54) is 12.1 Å². The van der Waals surface area contributed by atoms with Gasteiger partial charge in [-0.2, -0.15) is 0 Å². The number of hydrogen-bond acceptors (Lipinski definition) is 1. The Labute approximate surface area is 122 Å². The van der Waals surface area contributed by atoms with Crippen molar-refractivity contribution in [3.63, 3.8) is 0 Å². The number of halogens is 2. The summed E-state index contributed by atoms with van der Waals surface area (Å²) in [6.07, 6.45) is 0. The van der Waals surface area contributed by atoms with Crippen LogP contribution >= 0.6 is 11.6 Å². The molecule has 0 bridgehead atoms. The van der Waals surface area contributed by atoms with Crippen LogP contribution in [0.1, 0.15) is 34.5 Å². The molecule has 0 aromatic heterocycles. The highest BCUT2D eigenvalue weighted by atomic mass is 35.5. The first-order chi connectivity index (χ1) is 9.47. The van der Waals surface area contributed by atoms with Crippen molar-refractivity contribution in [3.8, 4) is 0 Å². The van der Waals surface area contributed by atoms with E-state index in [0.29, 0.717) is 5.02 Å². The zero-order valence-corrected chi connectivity index (χ0v) is 12.0. The monoisotopic (exact) mass is 291 g/mol. The Morgan fingerprint density at radius 2 is 2.00 bits per heavy atom. The number of carbonyl (C=O) groups is 1. The molecule has 1 N–H and O–H groups in total. The molecular weight excluding hydrogens is 277 g/mol. The van der Waals surface area contributed by atoms with Gasteiger partial charge in [-0.25, -0.2) is 4.39 Å². The van der Waals surface area contributed by atoms with Crippen molar-refractivity contribution in [1.82, 2.24) is 5.32 Å². The topological polar surface area (TPSA) is 29.1 Å². The molecule has 1 unspecified atom stereocenters. The number of benzene rings is 2. The molecule has 20 heavy (non-hydrogen) atoms. The van der Waals surface area contributed by atoms with Gasteiger partial charge in [-0.3, -0.25) is 4.79 Å². The minimum Gasteiger partial charge on any atom is -0.345 e. The lowest BCUT2D eigenvalue weighted by molar-refractivity contribution is 0.0936. The minimum absolute atomic E-state index is 0.0458. The zero-order chi connectivity index (χ0) is 14.7. The van der Waals surface area contributed by atoms with E-state index in [1.54, 1.807) is 25.1 Å². The predicted molar refractivity (Wildman–Crippen MR) is 78.5 cm³/mol. The van der Waals surface area contributed by atoms with E-state index in [9.17, 15) is 9.18 Å². The Kier molecular flexibility index (Phi) is 4.40. The lowest BCUT2D eigenvalue weighted by Crippen LogP contribution is -2.27. The summed E-state index contributed by atoms with van der Waals surface area (Å²) in [7, 11) is 0. The van der Waals surface area contributed by atoms with Crippen LogP contribution in [0.5, 0.6) is 0 Å². The summed E-state index contributed by atoms with van der Waals surface area (Å²) in [6.45, 7) is 3.61. The molecule has 2 rings (SSSR count).